The van der Waals surface area contributed by atoms with E-state index in [4.69, 9.17) is 5.73 Å². The van der Waals surface area contributed by atoms with Crippen molar-refractivity contribution < 1.29 is 4.79 Å². The highest BCUT2D eigenvalue weighted by Gasteiger charge is 2.24. The summed E-state index contributed by atoms with van der Waals surface area (Å²) < 4.78 is 0. The lowest BCUT2D eigenvalue weighted by Gasteiger charge is -2.38. The number of nitrogens with two attached hydrogens (primary N) is 1. The van der Waals surface area contributed by atoms with E-state index in [-0.39, 0.29) is 5.91 Å². The SMILES string of the molecule is CNC(=O)CCN1CC(CN)C1. The number of rotatable bonds is 4. The fraction of sp³-hybridized carbons (Fsp3) is 0.875. The second-order valence-corrected chi connectivity index (χ2v) is 3.28. The number of carbonyl (C=O) groups excluding carboxylic acids is 1. The minimum Gasteiger partial charge on any atom is -0.359 e. The van der Waals surface area contributed by atoms with E-state index >= 15 is 0 Å². The number of carbonyl (C=O) groups is 1. The van der Waals surface area contributed by atoms with Gasteiger partial charge in [0, 0.05) is 33.1 Å². The van der Waals surface area contributed by atoms with Gasteiger partial charge in [-0.1, -0.05) is 0 Å². The van der Waals surface area contributed by atoms with Gasteiger partial charge in [0.05, 0.1) is 0 Å². The molecule has 1 saturated heterocycles. The van der Waals surface area contributed by atoms with Crippen LogP contribution in [0.2, 0.25) is 0 Å². The van der Waals surface area contributed by atoms with Crippen molar-refractivity contribution in [2.45, 2.75) is 6.42 Å². The van der Waals surface area contributed by atoms with E-state index in [0.29, 0.717) is 12.3 Å². The highest BCUT2D eigenvalue weighted by Crippen LogP contribution is 2.13. The third kappa shape index (κ3) is 2.46. The standard InChI is InChI=1S/C8H17N3O/c1-10-8(12)2-3-11-5-7(4-9)6-11/h7H,2-6,9H2,1H3,(H,10,12). The van der Waals surface area contributed by atoms with Gasteiger partial charge < -0.3 is 16.0 Å². The normalized spacial score (nSPS) is 18.8. The molecule has 0 atom stereocenters. The number of nitrogens with one attached hydrogen (secondary N) is 1. The number of likely N-dealkylation sites (tertiary alicyclic amines) is 1. The smallest absolute Gasteiger partial charge is 0.221 e. The Labute approximate surface area is 73.1 Å². The summed E-state index contributed by atoms with van der Waals surface area (Å²) in [6.07, 6.45) is 0.605. The van der Waals surface area contributed by atoms with E-state index in [9.17, 15) is 4.79 Å². The number of amides is 1. The zero-order valence-corrected chi connectivity index (χ0v) is 7.55. The van der Waals surface area contributed by atoms with Gasteiger partial charge in [-0.05, 0) is 12.5 Å². The Morgan fingerprint density at radius 3 is 2.83 bits per heavy atom. The minimum absolute atomic E-state index is 0.117. The van der Waals surface area contributed by atoms with Crippen LogP contribution in [-0.4, -0.2) is 44.0 Å². The first-order valence-corrected chi connectivity index (χ1v) is 4.39. The topological polar surface area (TPSA) is 58.4 Å². The largest absolute Gasteiger partial charge is 0.359 e. The molecule has 70 valence electrons. The summed E-state index contributed by atoms with van der Waals surface area (Å²) in [6, 6.07) is 0. The van der Waals surface area contributed by atoms with Crippen LogP contribution in [0, 0.1) is 5.92 Å². The van der Waals surface area contributed by atoms with Gasteiger partial charge in [-0.2, -0.15) is 0 Å². The van der Waals surface area contributed by atoms with Crippen molar-refractivity contribution in [2.24, 2.45) is 11.7 Å². The van der Waals surface area contributed by atoms with Gasteiger partial charge in [0.25, 0.3) is 0 Å². The van der Waals surface area contributed by atoms with E-state index in [2.05, 4.69) is 10.2 Å². The van der Waals surface area contributed by atoms with Crippen molar-refractivity contribution in [3.05, 3.63) is 0 Å². The average molecular weight is 171 g/mol. The first kappa shape index (κ1) is 9.48. The molecule has 0 aromatic rings. The maximum Gasteiger partial charge on any atom is 0.221 e. The summed E-state index contributed by atoms with van der Waals surface area (Å²) in [4.78, 5) is 13.1. The number of hydrogen-bond acceptors (Lipinski definition) is 3. The fourth-order valence-electron chi connectivity index (χ4n) is 1.39. The van der Waals surface area contributed by atoms with Gasteiger partial charge in [-0.25, -0.2) is 0 Å². The molecule has 4 heteroatoms. The Hall–Kier alpha value is -0.610. The number of nitrogens with zero attached hydrogens (tertiary/aromatic N) is 1. The van der Waals surface area contributed by atoms with Gasteiger partial charge in [0.1, 0.15) is 0 Å². The molecule has 0 unspecified atom stereocenters. The molecule has 12 heavy (non-hydrogen) atoms. The van der Waals surface area contributed by atoms with Crippen molar-refractivity contribution >= 4 is 5.91 Å². The molecule has 1 aliphatic rings. The Morgan fingerprint density at radius 2 is 2.33 bits per heavy atom. The van der Waals surface area contributed by atoms with E-state index in [1.165, 1.54) is 0 Å². The zero-order valence-electron chi connectivity index (χ0n) is 7.55. The van der Waals surface area contributed by atoms with Crippen molar-refractivity contribution in [3.8, 4) is 0 Å². The lowest BCUT2D eigenvalue weighted by Crippen LogP contribution is -2.50. The summed E-state index contributed by atoms with van der Waals surface area (Å²) in [6.45, 7) is 3.77. The molecular weight excluding hydrogens is 154 g/mol. The molecule has 0 aromatic carbocycles. The van der Waals surface area contributed by atoms with Crippen LogP contribution in [0.25, 0.3) is 0 Å². The first-order chi connectivity index (χ1) is 5.76. The monoisotopic (exact) mass is 171 g/mol. The second kappa shape index (κ2) is 4.42. The molecular formula is C8H17N3O. The highest BCUT2D eigenvalue weighted by atomic mass is 16.1. The van der Waals surface area contributed by atoms with Gasteiger partial charge in [-0.15, -0.1) is 0 Å². The summed E-state index contributed by atoms with van der Waals surface area (Å²) >= 11 is 0. The third-order valence-corrected chi connectivity index (χ3v) is 2.30. The van der Waals surface area contributed by atoms with E-state index in [1.807, 2.05) is 0 Å². The fourth-order valence-corrected chi connectivity index (χ4v) is 1.39. The van der Waals surface area contributed by atoms with E-state index in [1.54, 1.807) is 7.05 Å². The lowest BCUT2D eigenvalue weighted by atomic mass is 10.0. The number of hydrogen-bond donors (Lipinski definition) is 2. The van der Waals surface area contributed by atoms with Crippen molar-refractivity contribution in [2.75, 3.05) is 33.2 Å². The first-order valence-electron chi connectivity index (χ1n) is 4.39. The van der Waals surface area contributed by atoms with E-state index in [0.717, 1.165) is 26.2 Å². The van der Waals surface area contributed by atoms with Crippen LogP contribution in [-0.2, 0) is 4.79 Å². The average Bonchev–Trinajstić information content (AvgIpc) is 2.01. The molecule has 4 nitrogen and oxygen atoms in total. The summed E-state index contributed by atoms with van der Waals surface area (Å²) in [5.41, 5.74) is 5.47. The van der Waals surface area contributed by atoms with Crippen LogP contribution in [0.4, 0.5) is 0 Å². The van der Waals surface area contributed by atoms with Crippen LogP contribution >= 0.6 is 0 Å². The van der Waals surface area contributed by atoms with Crippen LogP contribution in [0.3, 0.4) is 0 Å². The van der Waals surface area contributed by atoms with Gasteiger partial charge in [-0.3, -0.25) is 4.79 Å². The van der Waals surface area contributed by atoms with Crippen molar-refractivity contribution in [1.29, 1.82) is 0 Å². The lowest BCUT2D eigenvalue weighted by molar-refractivity contribution is -0.121. The molecule has 1 heterocycles. The Morgan fingerprint density at radius 1 is 1.67 bits per heavy atom. The quantitative estimate of drug-likeness (QED) is 0.571. The minimum atomic E-state index is 0.117. The summed E-state index contributed by atoms with van der Waals surface area (Å²) in [7, 11) is 1.67. The van der Waals surface area contributed by atoms with Crippen LogP contribution in [0.1, 0.15) is 6.42 Å². The zero-order chi connectivity index (χ0) is 8.97. The van der Waals surface area contributed by atoms with Crippen LogP contribution in [0.15, 0.2) is 0 Å². The van der Waals surface area contributed by atoms with E-state index < -0.39 is 0 Å². The maximum atomic E-state index is 10.8. The Balaban J connectivity index is 2.00. The predicted molar refractivity (Wildman–Crippen MR) is 47.7 cm³/mol. The summed E-state index contributed by atoms with van der Waals surface area (Å²) in [5, 5.41) is 2.60. The molecule has 1 amide bonds. The molecule has 1 fully saturated rings. The Kier molecular flexibility index (Phi) is 3.49. The highest BCUT2D eigenvalue weighted by molar-refractivity contribution is 5.75. The van der Waals surface area contributed by atoms with Crippen LogP contribution < -0.4 is 11.1 Å². The Bertz CT molecular complexity index is 154. The molecule has 3 N–H and O–H groups in total. The van der Waals surface area contributed by atoms with Gasteiger partial charge in [0.15, 0.2) is 0 Å². The molecule has 1 rings (SSSR count). The second-order valence-electron chi connectivity index (χ2n) is 3.28. The third-order valence-electron chi connectivity index (χ3n) is 2.30. The molecule has 0 bridgehead atoms. The van der Waals surface area contributed by atoms with Crippen molar-refractivity contribution in [1.82, 2.24) is 10.2 Å². The van der Waals surface area contributed by atoms with Gasteiger partial charge in [0.2, 0.25) is 5.91 Å². The van der Waals surface area contributed by atoms with Gasteiger partial charge >= 0.3 is 0 Å². The molecule has 1 aliphatic heterocycles. The molecule has 0 saturated carbocycles. The van der Waals surface area contributed by atoms with Crippen LogP contribution in [0.5, 0.6) is 0 Å². The maximum absolute atomic E-state index is 10.8. The molecule has 0 aromatic heterocycles. The molecule has 0 aliphatic carbocycles. The predicted octanol–water partition coefficient (Wildman–Crippen LogP) is -0.987. The summed E-state index contributed by atoms with van der Waals surface area (Å²) in [5.74, 6) is 0.779. The molecule has 0 spiro atoms. The van der Waals surface area contributed by atoms with Crippen molar-refractivity contribution in [3.63, 3.8) is 0 Å². The molecule has 0 radical (unpaired) electrons.